The van der Waals surface area contributed by atoms with Gasteiger partial charge in [-0.15, -0.1) is 0 Å². The van der Waals surface area contributed by atoms with Crippen LogP contribution in [0.3, 0.4) is 0 Å². The van der Waals surface area contributed by atoms with Gasteiger partial charge in [0.2, 0.25) is 0 Å². The van der Waals surface area contributed by atoms with Crippen molar-refractivity contribution in [1.29, 1.82) is 5.26 Å². The first-order chi connectivity index (χ1) is 12.0. The number of nitrogens with zero attached hydrogens (tertiary/aromatic N) is 2. The normalized spacial score (nSPS) is 11.4. The lowest BCUT2D eigenvalue weighted by Gasteiger charge is -2.11. The number of rotatable bonds is 3. The maximum absolute atomic E-state index is 14.0. The van der Waals surface area contributed by atoms with Gasteiger partial charge in [-0.25, -0.2) is 4.39 Å². The van der Waals surface area contributed by atoms with Gasteiger partial charge in [-0.1, -0.05) is 30.3 Å². The highest BCUT2D eigenvalue weighted by molar-refractivity contribution is 9.10. The minimum absolute atomic E-state index is 0.311. The maximum atomic E-state index is 14.0. The van der Waals surface area contributed by atoms with E-state index in [0.717, 1.165) is 27.1 Å². The molecule has 2 nitrogen and oxygen atoms in total. The quantitative estimate of drug-likeness (QED) is 0.496. The highest BCUT2D eigenvalue weighted by atomic mass is 79.9. The zero-order valence-electron chi connectivity index (χ0n) is 13.9. The van der Waals surface area contributed by atoms with Crippen LogP contribution >= 0.6 is 15.9 Å². The monoisotopic (exact) mass is 394 g/mol. The third-order valence-electron chi connectivity index (χ3n) is 4.15. The summed E-state index contributed by atoms with van der Waals surface area (Å²) in [5.74, 6) is -0.394. The molecule has 0 amide bonds. The Kier molecular flexibility index (Phi) is 4.87. The van der Waals surface area contributed by atoms with Crippen molar-refractivity contribution in [2.24, 2.45) is 0 Å². The fourth-order valence-corrected chi connectivity index (χ4v) is 3.41. The molecule has 0 spiro atoms. The Labute approximate surface area is 155 Å². The van der Waals surface area contributed by atoms with Crippen LogP contribution in [0, 0.1) is 31.0 Å². The molecule has 0 unspecified atom stereocenters. The highest BCUT2D eigenvalue weighted by Gasteiger charge is 2.13. The molecule has 0 aliphatic heterocycles. The molecule has 25 heavy (non-hydrogen) atoms. The van der Waals surface area contributed by atoms with E-state index in [-0.39, 0.29) is 0 Å². The summed E-state index contributed by atoms with van der Waals surface area (Å²) >= 11 is 3.58. The van der Waals surface area contributed by atoms with Gasteiger partial charge in [-0.3, -0.25) is 0 Å². The minimum atomic E-state index is -0.394. The van der Waals surface area contributed by atoms with E-state index in [9.17, 15) is 9.65 Å². The molecule has 124 valence electrons. The van der Waals surface area contributed by atoms with Gasteiger partial charge < -0.3 is 4.57 Å². The lowest BCUT2D eigenvalue weighted by atomic mass is 10.0. The Balaban J connectivity index is 2.14. The summed E-state index contributed by atoms with van der Waals surface area (Å²) < 4.78 is 17.1. The topological polar surface area (TPSA) is 28.7 Å². The maximum Gasteiger partial charge on any atom is 0.131 e. The van der Waals surface area contributed by atoms with Gasteiger partial charge in [0.1, 0.15) is 5.82 Å². The summed E-state index contributed by atoms with van der Waals surface area (Å²) in [6, 6.07) is 18.4. The molecule has 0 N–H and O–H groups in total. The summed E-state index contributed by atoms with van der Waals surface area (Å²) in [5, 5.41) is 9.49. The molecule has 1 heterocycles. The summed E-state index contributed by atoms with van der Waals surface area (Å²) in [6.07, 6.45) is 1.74. The molecule has 0 bridgehead atoms. The van der Waals surface area contributed by atoms with E-state index >= 15 is 0 Å². The number of hydrogen-bond donors (Lipinski definition) is 0. The number of benzene rings is 2. The molecule has 4 heteroatoms. The second-order valence-corrected chi connectivity index (χ2v) is 6.62. The minimum Gasteiger partial charge on any atom is -0.317 e. The molecule has 0 saturated heterocycles. The van der Waals surface area contributed by atoms with E-state index in [1.165, 1.54) is 6.07 Å². The zero-order valence-corrected chi connectivity index (χ0v) is 15.5. The Hall–Kier alpha value is -2.64. The molecular formula is C21H16BrFN2. The molecular weight excluding hydrogens is 379 g/mol. The number of para-hydroxylation sites is 1. The molecule has 3 rings (SSSR count). The lowest BCUT2D eigenvalue weighted by molar-refractivity contribution is 0.624. The van der Waals surface area contributed by atoms with Crippen LogP contribution in [0.25, 0.3) is 17.3 Å². The molecule has 0 saturated carbocycles. The van der Waals surface area contributed by atoms with Crippen molar-refractivity contribution in [2.75, 3.05) is 0 Å². The number of aromatic nitrogens is 1. The summed E-state index contributed by atoms with van der Waals surface area (Å²) in [7, 11) is 0. The van der Waals surface area contributed by atoms with Crippen LogP contribution in [0.2, 0.25) is 0 Å². The van der Waals surface area contributed by atoms with Crippen molar-refractivity contribution < 1.29 is 4.39 Å². The van der Waals surface area contributed by atoms with Gasteiger partial charge in [0, 0.05) is 21.4 Å². The summed E-state index contributed by atoms with van der Waals surface area (Å²) in [4.78, 5) is 0. The second kappa shape index (κ2) is 7.08. The van der Waals surface area contributed by atoms with Crippen LogP contribution in [0.4, 0.5) is 4.39 Å². The van der Waals surface area contributed by atoms with Gasteiger partial charge in [-0.05, 0) is 65.7 Å². The molecule has 0 fully saturated rings. The van der Waals surface area contributed by atoms with Gasteiger partial charge in [0.25, 0.3) is 0 Å². The fraction of sp³-hybridized carbons (Fsp3) is 0.0952. The Morgan fingerprint density at radius 2 is 1.80 bits per heavy atom. The first-order valence-corrected chi connectivity index (χ1v) is 8.62. The van der Waals surface area contributed by atoms with E-state index in [1.54, 1.807) is 24.3 Å². The molecule has 0 radical (unpaired) electrons. The van der Waals surface area contributed by atoms with Crippen LogP contribution < -0.4 is 0 Å². The van der Waals surface area contributed by atoms with Crippen molar-refractivity contribution in [3.63, 3.8) is 0 Å². The van der Waals surface area contributed by atoms with E-state index in [1.807, 2.05) is 44.2 Å². The first kappa shape index (κ1) is 17.2. The van der Waals surface area contributed by atoms with Crippen LogP contribution in [-0.4, -0.2) is 4.57 Å². The molecule has 0 atom stereocenters. The van der Waals surface area contributed by atoms with Crippen molar-refractivity contribution in [3.8, 4) is 11.8 Å². The number of hydrogen-bond acceptors (Lipinski definition) is 1. The van der Waals surface area contributed by atoms with Crippen LogP contribution in [0.15, 0.2) is 59.1 Å². The largest absolute Gasteiger partial charge is 0.317 e. The van der Waals surface area contributed by atoms with Crippen LogP contribution in [0.5, 0.6) is 0 Å². The molecule has 0 aliphatic carbocycles. The third-order valence-corrected chi connectivity index (χ3v) is 4.82. The van der Waals surface area contributed by atoms with Crippen molar-refractivity contribution in [3.05, 3.63) is 87.4 Å². The standard InChI is InChI=1S/C21H16BrFN2/c1-14-11-16(12-17(13-24)18-7-3-5-9-20(18)23)15(2)25(14)21-10-6-4-8-19(21)22/h3-12H,1-2H3. The van der Waals surface area contributed by atoms with Gasteiger partial charge in [0.05, 0.1) is 17.3 Å². The third kappa shape index (κ3) is 3.29. The van der Waals surface area contributed by atoms with Gasteiger partial charge >= 0.3 is 0 Å². The number of allylic oxidation sites excluding steroid dienone is 1. The highest BCUT2D eigenvalue weighted by Crippen LogP contribution is 2.29. The average Bonchev–Trinajstić information content (AvgIpc) is 2.88. The first-order valence-electron chi connectivity index (χ1n) is 7.83. The number of halogens is 2. The molecule has 2 aromatic carbocycles. The SMILES string of the molecule is Cc1cc(C=C(C#N)c2ccccc2F)c(C)n1-c1ccccc1Br. The van der Waals surface area contributed by atoms with Gasteiger partial charge in [-0.2, -0.15) is 5.26 Å². The lowest BCUT2D eigenvalue weighted by Crippen LogP contribution is -2.00. The predicted molar refractivity (Wildman–Crippen MR) is 103 cm³/mol. The molecule has 0 aliphatic rings. The number of nitriles is 1. The van der Waals surface area contributed by atoms with E-state index < -0.39 is 5.82 Å². The van der Waals surface area contributed by atoms with E-state index in [2.05, 4.69) is 26.6 Å². The van der Waals surface area contributed by atoms with Crippen molar-refractivity contribution in [1.82, 2.24) is 4.57 Å². The Morgan fingerprint density at radius 1 is 1.12 bits per heavy atom. The Morgan fingerprint density at radius 3 is 2.48 bits per heavy atom. The number of aryl methyl sites for hydroxylation is 1. The molecule has 3 aromatic rings. The molecule has 1 aromatic heterocycles. The van der Waals surface area contributed by atoms with Crippen LogP contribution in [-0.2, 0) is 0 Å². The smallest absolute Gasteiger partial charge is 0.131 e. The fourth-order valence-electron chi connectivity index (χ4n) is 2.94. The Bertz CT molecular complexity index is 1010. The summed E-state index contributed by atoms with van der Waals surface area (Å²) in [5.41, 5.74) is 4.59. The van der Waals surface area contributed by atoms with E-state index in [4.69, 9.17) is 0 Å². The zero-order chi connectivity index (χ0) is 18.0. The van der Waals surface area contributed by atoms with Crippen molar-refractivity contribution in [2.45, 2.75) is 13.8 Å². The van der Waals surface area contributed by atoms with Gasteiger partial charge in [0.15, 0.2) is 0 Å². The predicted octanol–water partition coefficient (Wildman–Crippen LogP) is 6.06. The van der Waals surface area contributed by atoms with E-state index in [0.29, 0.717) is 11.1 Å². The second-order valence-electron chi connectivity index (χ2n) is 5.76. The summed E-state index contributed by atoms with van der Waals surface area (Å²) in [6.45, 7) is 4.01. The average molecular weight is 395 g/mol. The van der Waals surface area contributed by atoms with Crippen LogP contribution in [0.1, 0.15) is 22.5 Å². The van der Waals surface area contributed by atoms with Crippen molar-refractivity contribution >= 4 is 27.6 Å².